The second-order valence-electron chi connectivity index (χ2n) is 5.49. The molecule has 0 bridgehead atoms. The number of alkyl halides is 2. The van der Waals surface area contributed by atoms with Crippen molar-refractivity contribution in [2.75, 3.05) is 0 Å². The first kappa shape index (κ1) is 13.9. The van der Waals surface area contributed by atoms with E-state index >= 15 is 0 Å². The zero-order chi connectivity index (χ0) is 13.4. The van der Waals surface area contributed by atoms with Gasteiger partial charge in [-0.3, -0.25) is 4.79 Å². The summed E-state index contributed by atoms with van der Waals surface area (Å²) in [5.74, 6) is -5.56. The van der Waals surface area contributed by atoms with Crippen LogP contribution in [0.4, 0.5) is 8.78 Å². The Balaban J connectivity index is 2.05. The molecule has 3 atom stereocenters. The van der Waals surface area contributed by atoms with Crippen molar-refractivity contribution in [1.29, 1.82) is 0 Å². The number of ether oxygens (including phenoxy) is 1. The number of hydrogen-bond donors (Lipinski definition) is 1. The van der Waals surface area contributed by atoms with Crippen LogP contribution in [-0.4, -0.2) is 28.7 Å². The van der Waals surface area contributed by atoms with Crippen LogP contribution in [0.5, 0.6) is 0 Å². The minimum Gasteiger partial charge on any atom is -0.361 e. The zero-order valence-electron chi connectivity index (χ0n) is 10.6. The Morgan fingerprint density at radius 3 is 2.89 bits per heavy atom. The predicted octanol–water partition coefficient (Wildman–Crippen LogP) is 2.66. The number of unbranched alkanes of at least 4 members (excludes halogenated alkanes) is 1. The Morgan fingerprint density at radius 2 is 2.22 bits per heavy atom. The van der Waals surface area contributed by atoms with Gasteiger partial charge in [-0.2, -0.15) is 0 Å². The molecule has 1 unspecified atom stereocenters. The van der Waals surface area contributed by atoms with E-state index in [0.29, 0.717) is 25.7 Å². The molecule has 0 amide bonds. The molecule has 104 valence electrons. The van der Waals surface area contributed by atoms with E-state index in [4.69, 9.17) is 4.74 Å². The summed E-state index contributed by atoms with van der Waals surface area (Å²) in [6.07, 6.45) is 1.03. The lowest BCUT2D eigenvalue weighted by Crippen LogP contribution is -2.55. The molecule has 0 aromatic rings. The van der Waals surface area contributed by atoms with Crippen LogP contribution in [0, 0.1) is 5.92 Å². The summed E-state index contributed by atoms with van der Waals surface area (Å²) in [4.78, 5) is 11.3. The smallest absolute Gasteiger partial charge is 0.300 e. The molecule has 1 saturated carbocycles. The summed E-state index contributed by atoms with van der Waals surface area (Å²) in [5.41, 5.74) is 0. The molecule has 1 aliphatic carbocycles. The fraction of sp³-hybridized carbons (Fsp3) is 0.923. The van der Waals surface area contributed by atoms with Gasteiger partial charge in [0.25, 0.3) is 0 Å². The number of aliphatic hydroxyl groups is 1. The van der Waals surface area contributed by atoms with Gasteiger partial charge >= 0.3 is 5.92 Å². The maximum Gasteiger partial charge on any atom is 0.300 e. The summed E-state index contributed by atoms with van der Waals surface area (Å²) < 4.78 is 33.2. The predicted molar refractivity (Wildman–Crippen MR) is 61.3 cm³/mol. The van der Waals surface area contributed by atoms with Crippen molar-refractivity contribution in [2.45, 2.75) is 69.7 Å². The second kappa shape index (κ2) is 4.85. The van der Waals surface area contributed by atoms with Gasteiger partial charge < -0.3 is 9.84 Å². The summed E-state index contributed by atoms with van der Waals surface area (Å²) in [6.45, 7) is 1.83. The average molecular weight is 262 g/mol. The van der Waals surface area contributed by atoms with E-state index in [9.17, 15) is 18.7 Å². The van der Waals surface area contributed by atoms with Gasteiger partial charge in [0.1, 0.15) is 5.78 Å². The average Bonchev–Trinajstić information content (AvgIpc) is 2.65. The van der Waals surface area contributed by atoms with Crippen LogP contribution >= 0.6 is 0 Å². The molecule has 0 aromatic carbocycles. The third-order valence-electron chi connectivity index (χ3n) is 4.06. The normalized spacial score (nSPS) is 36.8. The molecule has 0 spiro atoms. The van der Waals surface area contributed by atoms with Crippen molar-refractivity contribution in [3.63, 3.8) is 0 Å². The highest BCUT2D eigenvalue weighted by Gasteiger charge is 2.58. The summed E-state index contributed by atoms with van der Waals surface area (Å²) in [6, 6.07) is 0. The lowest BCUT2D eigenvalue weighted by atomic mass is 9.88. The number of halogens is 2. The Bertz CT molecular complexity index is 332. The maximum atomic E-state index is 14.0. The van der Waals surface area contributed by atoms with E-state index in [2.05, 4.69) is 0 Å². The van der Waals surface area contributed by atoms with Crippen molar-refractivity contribution in [1.82, 2.24) is 0 Å². The lowest BCUT2D eigenvalue weighted by Gasteiger charge is -2.43. The van der Waals surface area contributed by atoms with Crippen LogP contribution in [0.1, 0.15) is 51.9 Å². The van der Waals surface area contributed by atoms with E-state index in [1.54, 1.807) is 0 Å². The molecular weight excluding hydrogens is 242 g/mol. The van der Waals surface area contributed by atoms with Gasteiger partial charge in [0.05, 0.1) is 6.10 Å². The van der Waals surface area contributed by atoms with Gasteiger partial charge in [-0.05, 0) is 18.8 Å². The first-order chi connectivity index (χ1) is 8.38. The monoisotopic (exact) mass is 262 g/mol. The number of rotatable bonds is 4. The van der Waals surface area contributed by atoms with E-state index in [0.717, 1.165) is 0 Å². The fourth-order valence-corrected chi connectivity index (χ4v) is 2.88. The van der Waals surface area contributed by atoms with E-state index < -0.39 is 17.8 Å². The quantitative estimate of drug-likeness (QED) is 0.847. The van der Waals surface area contributed by atoms with Crippen LogP contribution < -0.4 is 0 Å². The van der Waals surface area contributed by atoms with Crippen LogP contribution in [0.2, 0.25) is 0 Å². The van der Waals surface area contributed by atoms with Gasteiger partial charge in [-0.15, -0.1) is 0 Å². The molecule has 1 saturated heterocycles. The number of Topliss-reactive ketones (excluding diaryl/α,β-unsaturated/α-hetero) is 1. The largest absolute Gasteiger partial charge is 0.361 e. The highest BCUT2D eigenvalue weighted by molar-refractivity contribution is 5.81. The Hall–Kier alpha value is -0.550. The number of hydrogen-bond acceptors (Lipinski definition) is 3. The molecule has 1 heterocycles. The molecule has 2 aliphatic rings. The van der Waals surface area contributed by atoms with Gasteiger partial charge in [0, 0.05) is 25.7 Å². The highest BCUT2D eigenvalue weighted by Crippen LogP contribution is 2.46. The van der Waals surface area contributed by atoms with Crippen LogP contribution in [0.3, 0.4) is 0 Å². The van der Waals surface area contributed by atoms with Crippen molar-refractivity contribution in [3.05, 3.63) is 0 Å². The Labute approximate surface area is 106 Å². The minimum atomic E-state index is -3.24. The molecule has 2 fully saturated rings. The molecule has 1 N–H and O–H groups in total. The number of fused-ring (bicyclic) bond motifs is 1. The topological polar surface area (TPSA) is 46.5 Å². The molecule has 2 rings (SSSR count). The van der Waals surface area contributed by atoms with Gasteiger partial charge in [-0.25, -0.2) is 8.78 Å². The van der Waals surface area contributed by atoms with Crippen LogP contribution in [0.15, 0.2) is 0 Å². The van der Waals surface area contributed by atoms with Crippen LogP contribution in [0.25, 0.3) is 0 Å². The Kier molecular flexibility index (Phi) is 3.74. The fourth-order valence-electron chi connectivity index (χ4n) is 2.88. The second-order valence-corrected chi connectivity index (χ2v) is 5.49. The van der Waals surface area contributed by atoms with Gasteiger partial charge in [0.15, 0.2) is 0 Å². The Morgan fingerprint density at radius 1 is 1.50 bits per heavy atom. The molecule has 18 heavy (non-hydrogen) atoms. The first-order valence-corrected chi connectivity index (χ1v) is 6.67. The van der Waals surface area contributed by atoms with Crippen molar-refractivity contribution >= 4 is 5.78 Å². The van der Waals surface area contributed by atoms with Gasteiger partial charge in [0.2, 0.25) is 5.79 Å². The summed E-state index contributed by atoms with van der Waals surface area (Å²) in [7, 11) is 0. The van der Waals surface area contributed by atoms with E-state index in [1.807, 2.05) is 6.92 Å². The molecule has 1 aliphatic heterocycles. The molecule has 0 aromatic heterocycles. The minimum absolute atomic E-state index is 0.0137. The van der Waals surface area contributed by atoms with E-state index in [-0.39, 0.29) is 31.0 Å². The molecule has 3 nitrogen and oxygen atoms in total. The summed E-state index contributed by atoms with van der Waals surface area (Å²) in [5, 5.41) is 10.1. The first-order valence-electron chi connectivity index (χ1n) is 6.67. The maximum absolute atomic E-state index is 14.0. The zero-order valence-corrected chi connectivity index (χ0v) is 10.6. The molecular formula is C13H20F2O3. The van der Waals surface area contributed by atoms with Gasteiger partial charge in [-0.1, -0.05) is 13.3 Å². The number of ketones is 1. The molecule has 5 heteroatoms. The number of carbonyl (C=O) groups is 1. The lowest BCUT2D eigenvalue weighted by molar-refractivity contribution is -0.355. The third kappa shape index (κ3) is 2.43. The molecule has 0 radical (unpaired) electrons. The number of carbonyl (C=O) groups excluding carboxylic acids is 1. The SMILES string of the molecule is CCCCC(F)(F)[C@@]1(O)CC[C@@H]2CC(=O)CC2O1. The van der Waals surface area contributed by atoms with Crippen molar-refractivity contribution < 1.29 is 23.4 Å². The highest BCUT2D eigenvalue weighted by atomic mass is 19.3. The summed E-state index contributed by atoms with van der Waals surface area (Å²) >= 11 is 0. The van der Waals surface area contributed by atoms with Crippen molar-refractivity contribution in [2.24, 2.45) is 5.92 Å². The van der Waals surface area contributed by atoms with E-state index in [1.165, 1.54) is 0 Å². The standard InChI is InChI=1S/C13H20F2O3/c1-2-3-5-12(14,15)13(17)6-4-9-7-10(16)8-11(9)18-13/h9,11,17H,2-8H2,1H3/t9-,11?,13-/m1/s1. The third-order valence-corrected chi connectivity index (χ3v) is 4.06. The van der Waals surface area contributed by atoms with Crippen LogP contribution in [-0.2, 0) is 9.53 Å². The van der Waals surface area contributed by atoms with Crippen molar-refractivity contribution in [3.8, 4) is 0 Å².